The van der Waals surface area contributed by atoms with E-state index in [9.17, 15) is 9.59 Å². The lowest BCUT2D eigenvalue weighted by atomic mass is 9.53. The van der Waals surface area contributed by atoms with Crippen LogP contribution in [0.1, 0.15) is 38.5 Å². The second-order valence-corrected chi connectivity index (χ2v) is 7.98. The largest absolute Gasteiger partial charge is 0.426 e. The van der Waals surface area contributed by atoms with E-state index >= 15 is 0 Å². The Balaban J connectivity index is 1.41. The summed E-state index contributed by atoms with van der Waals surface area (Å²) in [5.74, 6) is 0.576. The Morgan fingerprint density at radius 1 is 0.607 bits per heavy atom. The van der Waals surface area contributed by atoms with Gasteiger partial charge in [0.05, 0.1) is 10.8 Å². The summed E-state index contributed by atoms with van der Waals surface area (Å²) in [6, 6.07) is 13.6. The van der Waals surface area contributed by atoms with Crippen molar-refractivity contribution in [2.75, 3.05) is 0 Å². The zero-order valence-corrected chi connectivity index (χ0v) is 15.6. The highest BCUT2D eigenvalue weighted by Gasteiger charge is 2.57. The Labute approximate surface area is 167 Å². The van der Waals surface area contributed by atoms with E-state index in [1.807, 2.05) is 0 Å². The molecule has 4 nitrogen and oxygen atoms in total. The first-order valence-corrected chi connectivity index (χ1v) is 9.57. The van der Waals surface area contributed by atoms with Crippen LogP contribution in [0, 0.1) is 10.8 Å². The lowest BCUT2D eigenvalue weighted by Crippen LogP contribution is -2.51. The molecule has 2 aromatic rings. The fraction of sp³-hybridized carbons (Fsp3) is 0.364. The normalized spacial score (nSPS) is 25.9. The highest BCUT2D eigenvalue weighted by molar-refractivity contribution is 6.32. The van der Waals surface area contributed by atoms with Gasteiger partial charge in [-0.05, 0) is 62.8 Å². The minimum atomic E-state index is -0.509. The maximum atomic E-state index is 12.8. The minimum absolute atomic E-state index is 0.211. The van der Waals surface area contributed by atoms with Crippen LogP contribution in [0.3, 0.4) is 0 Å². The first-order valence-electron chi connectivity index (χ1n) is 9.57. The van der Waals surface area contributed by atoms with E-state index in [4.69, 9.17) is 25.2 Å². The van der Waals surface area contributed by atoms with E-state index in [0.29, 0.717) is 60.9 Å². The number of rotatable bonds is 4. The van der Waals surface area contributed by atoms with Gasteiger partial charge in [0.1, 0.15) is 27.2 Å². The Morgan fingerprint density at radius 2 is 0.893 bits per heavy atom. The summed E-state index contributed by atoms with van der Waals surface area (Å²) in [4.78, 5) is 25.7. The first-order chi connectivity index (χ1) is 13.4. The van der Waals surface area contributed by atoms with Crippen molar-refractivity contribution in [2.45, 2.75) is 38.5 Å². The molecule has 0 spiro atoms. The van der Waals surface area contributed by atoms with Crippen molar-refractivity contribution >= 4 is 38.6 Å². The van der Waals surface area contributed by atoms with Gasteiger partial charge in [-0.15, -0.1) is 0 Å². The van der Waals surface area contributed by atoms with Gasteiger partial charge in [0.25, 0.3) is 0 Å². The maximum Gasteiger partial charge on any atom is 0.317 e. The van der Waals surface area contributed by atoms with Crippen LogP contribution < -0.4 is 20.4 Å². The Hall–Kier alpha value is -2.49. The summed E-state index contributed by atoms with van der Waals surface area (Å²) < 4.78 is 11.2. The van der Waals surface area contributed by atoms with Crippen molar-refractivity contribution in [1.82, 2.24) is 0 Å². The monoisotopic (exact) mass is 370 g/mol. The molecule has 5 rings (SSSR count). The molecule has 0 unspecified atom stereocenters. The fourth-order valence-electron chi connectivity index (χ4n) is 4.30. The van der Waals surface area contributed by atoms with E-state index in [1.165, 1.54) is 0 Å². The number of fused-ring (bicyclic) bond motifs is 3. The average Bonchev–Trinajstić information content (AvgIpc) is 2.72. The molecular weight excluding hydrogens is 350 g/mol. The number of esters is 2. The van der Waals surface area contributed by atoms with Gasteiger partial charge in [-0.25, -0.2) is 0 Å². The van der Waals surface area contributed by atoms with Gasteiger partial charge in [0, 0.05) is 0 Å². The topological polar surface area (TPSA) is 52.6 Å². The predicted octanol–water partition coefficient (Wildman–Crippen LogP) is 2.13. The molecule has 3 aliphatic carbocycles. The van der Waals surface area contributed by atoms with E-state index in [2.05, 4.69) is 0 Å². The van der Waals surface area contributed by atoms with Gasteiger partial charge in [0.15, 0.2) is 0 Å². The average molecular weight is 370 g/mol. The third kappa shape index (κ3) is 3.48. The minimum Gasteiger partial charge on any atom is -0.426 e. The Kier molecular flexibility index (Phi) is 4.82. The molecular formula is C22H20B2O4. The molecule has 0 heterocycles. The van der Waals surface area contributed by atoms with E-state index in [0.717, 1.165) is 0 Å². The molecule has 0 amide bonds. The van der Waals surface area contributed by atoms with E-state index < -0.39 is 10.8 Å². The molecule has 0 aliphatic heterocycles. The van der Waals surface area contributed by atoms with E-state index in [-0.39, 0.29) is 11.9 Å². The summed E-state index contributed by atoms with van der Waals surface area (Å²) in [5, 5.41) is 0. The number of carbonyl (C=O) groups is 2. The molecule has 3 fully saturated rings. The SMILES string of the molecule is [B]c1ccc(OC(=O)C23CCC(C(=O)Oc4ccc([B])cc4)(CC2)CC3)cc1. The van der Waals surface area contributed by atoms with Gasteiger partial charge in [-0.3, -0.25) is 9.59 Å². The Morgan fingerprint density at radius 3 is 1.18 bits per heavy atom. The number of hydrogen-bond acceptors (Lipinski definition) is 4. The quantitative estimate of drug-likeness (QED) is 0.470. The van der Waals surface area contributed by atoms with Crippen molar-refractivity contribution < 1.29 is 19.1 Å². The Bertz CT molecular complexity index is 790. The molecule has 3 saturated carbocycles. The number of carbonyl (C=O) groups excluding carboxylic acids is 2. The molecule has 138 valence electrons. The molecule has 0 saturated heterocycles. The number of benzene rings is 2. The summed E-state index contributed by atoms with van der Waals surface area (Å²) in [7, 11) is 11.3. The van der Waals surface area contributed by atoms with Crippen molar-refractivity contribution in [3.63, 3.8) is 0 Å². The molecule has 28 heavy (non-hydrogen) atoms. The summed E-state index contributed by atoms with van der Waals surface area (Å²) in [5.41, 5.74) is 0.227. The summed E-state index contributed by atoms with van der Waals surface area (Å²) in [6.45, 7) is 0. The maximum absolute atomic E-state index is 12.8. The van der Waals surface area contributed by atoms with Crippen molar-refractivity contribution in [2.24, 2.45) is 10.8 Å². The first kappa shape index (κ1) is 18.9. The number of ether oxygens (including phenoxy) is 2. The van der Waals surface area contributed by atoms with Gasteiger partial charge >= 0.3 is 11.9 Å². The van der Waals surface area contributed by atoms with E-state index in [1.54, 1.807) is 48.5 Å². The number of hydrogen-bond donors (Lipinski definition) is 0. The molecule has 6 heteroatoms. The van der Waals surface area contributed by atoms with Crippen LogP contribution in [-0.2, 0) is 9.59 Å². The van der Waals surface area contributed by atoms with Gasteiger partial charge in [-0.1, -0.05) is 35.2 Å². The van der Waals surface area contributed by atoms with Crippen molar-refractivity contribution in [1.29, 1.82) is 0 Å². The molecule has 2 aromatic carbocycles. The van der Waals surface area contributed by atoms with Crippen LogP contribution in [-0.4, -0.2) is 27.6 Å². The second-order valence-electron chi connectivity index (χ2n) is 7.98. The highest BCUT2D eigenvalue weighted by atomic mass is 16.5. The van der Waals surface area contributed by atoms with Crippen LogP contribution in [0.15, 0.2) is 48.5 Å². The lowest BCUT2D eigenvalue weighted by molar-refractivity contribution is -0.167. The van der Waals surface area contributed by atoms with Crippen molar-refractivity contribution in [3.05, 3.63) is 48.5 Å². The lowest BCUT2D eigenvalue weighted by Gasteiger charge is -2.50. The van der Waals surface area contributed by atoms with Gasteiger partial charge in [-0.2, -0.15) is 0 Å². The fourth-order valence-corrected chi connectivity index (χ4v) is 4.30. The third-order valence-electron chi connectivity index (χ3n) is 6.29. The molecule has 3 aliphatic rings. The molecule has 2 bridgehead atoms. The zero-order valence-electron chi connectivity index (χ0n) is 15.6. The second kappa shape index (κ2) is 7.16. The van der Waals surface area contributed by atoms with Crippen LogP contribution in [0.2, 0.25) is 0 Å². The smallest absolute Gasteiger partial charge is 0.317 e. The zero-order chi connectivity index (χ0) is 19.8. The van der Waals surface area contributed by atoms with Gasteiger partial charge in [0.2, 0.25) is 0 Å². The van der Waals surface area contributed by atoms with Crippen LogP contribution in [0.5, 0.6) is 11.5 Å². The third-order valence-corrected chi connectivity index (χ3v) is 6.29. The van der Waals surface area contributed by atoms with Gasteiger partial charge < -0.3 is 9.47 Å². The standard InChI is InChI=1S/C22H20B2O4/c23-15-1-5-17(6-2-15)27-19(25)21-9-12-22(13-10-21,14-11-21)20(26)28-18-7-3-16(24)4-8-18/h1-8H,9-14H2. The van der Waals surface area contributed by atoms with Crippen LogP contribution in [0.4, 0.5) is 0 Å². The summed E-state index contributed by atoms with van der Waals surface area (Å²) in [6.07, 6.45) is 3.82. The molecule has 4 radical (unpaired) electrons. The van der Waals surface area contributed by atoms with Crippen LogP contribution in [0.25, 0.3) is 0 Å². The highest BCUT2D eigenvalue weighted by Crippen LogP contribution is 2.57. The molecule has 0 N–H and O–H groups in total. The molecule has 0 aromatic heterocycles. The van der Waals surface area contributed by atoms with Crippen molar-refractivity contribution in [3.8, 4) is 11.5 Å². The van der Waals surface area contributed by atoms with Crippen LogP contribution >= 0.6 is 0 Å². The molecule has 0 atom stereocenters. The summed E-state index contributed by atoms with van der Waals surface area (Å²) >= 11 is 0. The predicted molar refractivity (Wildman–Crippen MR) is 107 cm³/mol.